The molecule has 1 aromatic heterocycles. The monoisotopic (exact) mass is 278 g/mol. The van der Waals surface area contributed by atoms with Gasteiger partial charge in [-0.2, -0.15) is 0 Å². The molecule has 2 rings (SSSR count). The average Bonchev–Trinajstić information content (AvgIpc) is 3.01. The molecule has 1 aromatic rings. The number of carbonyl (C=O) groups excluding carboxylic acids is 1. The lowest BCUT2D eigenvalue weighted by Crippen LogP contribution is -2.29. The van der Waals surface area contributed by atoms with E-state index in [0.29, 0.717) is 18.8 Å². The van der Waals surface area contributed by atoms with Crippen LogP contribution in [0.25, 0.3) is 0 Å². The van der Waals surface area contributed by atoms with E-state index < -0.39 is 0 Å². The average molecular weight is 278 g/mol. The smallest absolute Gasteiger partial charge is 0.224 e. The normalized spacial score (nSPS) is 14.4. The van der Waals surface area contributed by atoms with Crippen LogP contribution in [0.2, 0.25) is 0 Å². The molecule has 1 aliphatic rings. The van der Waals surface area contributed by atoms with Gasteiger partial charge in [-0.05, 0) is 19.3 Å². The minimum Gasteiger partial charge on any atom is -0.369 e. The maximum absolute atomic E-state index is 11.9. The number of anilines is 2. The topological polar surface area (TPSA) is 96.2 Å². The summed E-state index contributed by atoms with van der Waals surface area (Å²) in [6, 6.07) is 0. The minimum absolute atomic E-state index is 0.208. The van der Waals surface area contributed by atoms with Gasteiger partial charge < -0.3 is 15.6 Å². The van der Waals surface area contributed by atoms with Gasteiger partial charge in [-0.25, -0.2) is 15.8 Å². The Balaban J connectivity index is 1.89. The van der Waals surface area contributed by atoms with E-state index in [1.807, 2.05) is 11.8 Å². The summed E-state index contributed by atoms with van der Waals surface area (Å²) in [5.74, 6) is 7.00. The number of carbonyl (C=O) groups is 1. The SMILES string of the molecule is CCc1c(NN)ncnc1NCCC(=O)N1CCCC1. The van der Waals surface area contributed by atoms with Gasteiger partial charge in [0, 0.05) is 31.6 Å². The van der Waals surface area contributed by atoms with Crippen molar-refractivity contribution in [2.24, 2.45) is 5.84 Å². The predicted octanol–water partition coefficient (Wildman–Crippen LogP) is 0.749. The van der Waals surface area contributed by atoms with Crippen LogP contribution in [0.4, 0.5) is 11.6 Å². The van der Waals surface area contributed by atoms with Crippen molar-refractivity contribution in [3.05, 3.63) is 11.9 Å². The lowest BCUT2D eigenvalue weighted by molar-refractivity contribution is -0.129. The second-order valence-electron chi connectivity index (χ2n) is 4.81. The molecule has 0 bridgehead atoms. The minimum atomic E-state index is 0.208. The molecule has 7 heteroatoms. The summed E-state index contributed by atoms with van der Waals surface area (Å²) in [6.07, 6.45) is 4.95. The summed E-state index contributed by atoms with van der Waals surface area (Å²) in [6.45, 7) is 4.38. The van der Waals surface area contributed by atoms with Crippen molar-refractivity contribution in [1.82, 2.24) is 14.9 Å². The van der Waals surface area contributed by atoms with Gasteiger partial charge in [-0.3, -0.25) is 4.79 Å². The molecule has 1 saturated heterocycles. The maximum atomic E-state index is 11.9. The first-order valence-electron chi connectivity index (χ1n) is 7.08. The Kier molecular flexibility index (Phi) is 5.11. The fourth-order valence-electron chi connectivity index (χ4n) is 2.44. The van der Waals surface area contributed by atoms with Crippen molar-refractivity contribution in [3.63, 3.8) is 0 Å². The molecule has 1 amide bonds. The molecule has 0 aliphatic carbocycles. The maximum Gasteiger partial charge on any atom is 0.224 e. The zero-order valence-electron chi connectivity index (χ0n) is 11.9. The van der Waals surface area contributed by atoms with Gasteiger partial charge >= 0.3 is 0 Å². The molecule has 0 radical (unpaired) electrons. The van der Waals surface area contributed by atoms with Crippen LogP contribution in [0.15, 0.2) is 6.33 Å². The van der Waals surface area contributed by atoms with Crippen LogP contribution < -0.4 is 16.6 Å². The van der Waals surface area contributed by atoms with E-state index in [2.05, 4.69) is 20.7 Å². The number of hydrogen-bond donors (Lipinski definition) is 3. The highest BCUT2D eigenvalue weighted by Crippen LogP contribution is 2.19. The number of amides is 1. The van der Waals surface area contributed by atoms with E-state index in [4.69, 9.17) is 5.84 Å². The first kappa shape index (κ1) is 14.5. The van der Waals surface area contributed by atoms with E-state index in [9.17, 15) is 4.79 Å². The molecular formula is C13H22N6O. The lowest BCUT2D eigenvalue weighted by Gasteiger charge is -2.16. The molecule has 0 atom stereocenters. The van der Waals surface area contributed by atoms with Crippen molar-refractivity contribution < 1.29 is 4.79 Å². The number of nitrogen functional groups attached to an aromatic ring is 1. The Hall–Kier alpha value is -1.89. The number of nitrogens with two attached hydrogens (primary N) is 1. The summed E-state index contributed by atoms with van der Waals surface area (Å²) in [5, 5.41) is 3.20. The van der Waals surface area contributed by atoms with Crippen LogP contribution in [0.3, 0.4) is 0 Å². The van der Waals surface area contributed by atoms with Crippen LogP contribution >= 0.6 is 0 Å². The molecule has 0 saturated carbocycles. The van der Waals surface area contributed by atoms with Gasteiger partial charge in [0.25, 0.3) is 0 Å². The first-order valence-corrected chi connectivity index (χ1v) is 7.08. The van der Waals surface area contributed by atoms with E-state index in [1.54, 1.807) is 0 Å². The summed E-state index contributed by atoms with van der Waals surface area (Å²) >= 11 is 0. The van der Waals surface area contributed by atoms with Crippen molar-refractivity contribution in [2.45, 2.75) is 32.6 Å². The summed E-state index contributed by atoms with van der Waals surface area (Å²) < 4.78 is 0. The van der Waals surface area contributed by atoms with Crippen molar-refractivity contribution in [1.29, 1.82) is 0 Å². The third-order valence-corrected chi connectivity index (χ3v) is 3.53. The van der Waals surface area contributed by atoms with Crippen LogP contribution in [-0.4, -0.2) is 40.4 Å². The Bertz CT molecular complexity index is 458. The quantitative estimate of drug-likeness (QED) is 0.525. The number of aromatic nitrogens is 2. The van der Waals surface area contributed by atoms with Crippen LogP contribution in [0, 0.1) is 0 Å². The van der Waals surface area contributed by atoms with E-state index >= 15 is 0 Å². The van der Waals surface area contributed by atoms with Gasteiger partial charge in [-0.15, -0.1) is 0 Å². The third kappa shape index (κ3) is 3.36. The molecule has 7 nitrogen and oxygen atoms in total. The van der Waals surface area contributed by atoms with Gasteiger partial charge in [0.15, 0.2) is 0 Å². The van der Waals surface area contributed by atoms with E-state index in [0.717, 1.165) is 43.7 Å². The fraction of sp³-hybridized carbons (Fsp3) is 0.615. The van der Waals surface area contributed by atoms with Crippen molar-refractivity contribution in [2.75, 3.05) is 30.4 Å². The number of hydrogen-bond acceptors (Lipinski definition) is 6. The number of nitrogens with one attached hydrogen (secondary N) is 2. The van der Waals surface area contributed by atoms with Crippen LogP contribution in [0.5, 0.6) is 0 Å². The Morgan fingerprint density at radius 3 is 2.70 bits per heavy atom. The number of hydrazine groups is 1. The van der Waals surface area contributed by atoms with Gasteiger partial charge in [0.1, 0.15) is 18.0 Å². The van der Waals surface area contributed by atoms with E-state index in [-0.39, 0.29) is 5.91 Å². The van der Waals surface area contributed by atoms with Crippen molar-refractivity contribution in [3.8, 4) is 0 Å². The molecule has 4 N–H and O–H groups in total. The molecule has 110 valence electrons. The highest BCUT2D eigenvalue weighted by molar-refractivity contribution is 5.77. The van der Waals surface area contributed by atoms with Crippen LogP contribution in [0.1, 0.15) is 31.7 Å². The zero-order chi connectivity index (χ0) is 14.4. The molecular weight excluding hydrogens is 256 g/mol. The molecule has 20 heavy (non-hydrogen) atoms. The highest BCUT2D eigenvalue weighted by Gasteiger charge is 2.17. The fourth-order valence-corrected chi connectivity index (χ4v) is 2.44. The van der Waals surface area contributed by atoms with Gasteiger partial charge in [-0.1, -0.05) is 6.92 Å². The molecule has 1 aliphatic heterocycles. The zero-order valence-corrected chi connectivity index (χ0v) is 11.9. The summed E-state index contributed by atoms with van der Waals surface area (Å²) in [5.41, 5.74) is 3.50. The van der Waals surface area contributed by atoms with Crippen molar-refractivity contribution >= 4 is 17.5 Å². The third-order valence-electron chi connectivity index (χ3n) is 3.53. The molecule has 0 spiro atoms. The first-order chi connectivity index (χ1) is 9.76. The number of likely N-dealkylation sites (tertiary alicyclic amines) is 1. The second-order valence-corrected chi connectivity index (χ2v) is 4.81. The van der Waals surface area contributed by atoms with Gasteiger partial charge in [0.05, 0.1) is 0 Å². The largest absolute Gasteiger partial charge is 0.369 e. The highest BCUT2D eigenvalue weighted by atomic mass is 16.2. The Labute approximate surface area is 118 Å². The predicted molar refractivity (Wildman–Crippen MR) is 78.1 cm³/mol. The number of rotatable bonds is 6. The molecule has 0 unspecified atom stereocenters. The molecule has 0 aromatic carbocycles. The lowest BCUT2D eigenvalue weighted by atomic mass is 10.2. The molecule has 2 heterocycles. The van der Waals surface area contributed by atoms with Gasteiger partial charge in [0.2, 0.25) is 5.91 Å². The Morgan fingerprint density at radius 1 is 1.35 bits per heavy atom. The van der Waals surface area contributed by atoms with E-state index in [1.165, 1.54) is 6.33 Å². The Morgan fingerprint density at radius 2 is 2.05 bits per heavy atom. The summed E-state index contributed by atoms with van der Waals surface area (Å²) in [4.78, 5) is 22.1. The standard InChI is InChI=1S/C13H22N6O/c1-2-10-12(16-9-17-13(10)18-14)15-6-5-11(20)19-7-3-4-8-19/h9H,2-8,14H2,1H3,(H2,15,16,17,18). The number of nitrogens with zero attached hydrogens (tertiary/aromatic N) is 3. The van der Waals surface area contributed by atoms with Crippen LogP contribution in [-0.2, 0) is 11.2 Å². The second kappa shape index (κ2) is 7.04. The molecule has 1 fully saturated rings. The summed E-state index contributed by atoms with van der Waals surface area (Å²) in [7, 11) is 0.